The van der Waals surface area contributed by atoms with Crippen LogP contribution in [0.4, 0.5) is 0 Å². The molecule has 0 unspecified atom stereocenters. The average Bonchev–Trinajstić information content (AvgIpc) is 2.62. The van der Waals surface area contributed by atoms with Gasteiger partial charge in [-0.3, -0.25) is 0 Å². The van der Waals surface area contributed by atoms with Crippen LogP contribution in [0.1, 0.15) is 5.56 Å². The Kier molecular flexibility index (Phi) is 2.70. The van der Waals surface area contributed by atoms with E-state index in [0.717, 1.165) is 5.56 Å². The van der Waals surface area contributed by atoms with Crippen LogP contribution in [0.5, 0.6) is 0 Å². The Morgan fingerprint density at radius 3 is 2.86 bits per heavy atom. The second-order valence-electron chi connectivity index (χ2n) is 2.89. The first-order chi connectivity index (χ1) is 6.75. The minimum Gasteiger partial charge on any atom is -0.194 e. The van der Waals surface area contributed by atoms with Crippen molar-refractivity contribution in [1.29, 1.82) is 0 Å². The maximum atomic E-state index is 6.01. The third kappa shape index (κ3) is 2.05. The smallest absolute Gasteiger partial charge is 0.194 e. The summed E-state index contributed by atoms with van der Waals surface area (Å²) >= 11 is 11.8. The highest BCUT2D eigenvalue weighted by molar-refractivity contribution is 6.35. The molecule has 0 fully saturated rings. The maximum Gasteiger partial charge on any atom is 0.306 e. The van der Waals surface area contributed by atoms with Gasteiger partial charge in [-0.05, 0) is 17.1 Å². The molecule has 1 heterocycles. The molecule has 0 saturated carbocycles. The molecule has 0 spiro atoms. The minimum atomic E-state index is 0.647. The van der Waals surface area contributed by atoms with Crippen LogP contribution in [0.2, 0.25) is 10.0 Å². The Labute approximate surface area is 91.3 Å². The van der Waals surface area contributed by atoms with Gasteiger partial charge in [-0.15, -0.1) is 0 Å². The minimum absolute atomic E-state index is 0.647. The van der Waals surface area contributed by atoms with Gasteiger partial charge in [0.1, 0.15) is 6.54 Å². The Hall–Kier alpha value is -1.06. The van der Waals surface area contributed by atoms with Crippen molar-refractivity contribution in [3.63, 3.8) is 0 Å². The van der Waals surface area contributed by atoms with Crippen LogP contribution in [-0.4, -0.2) is 10.1 Å². The lowest BCUT2D eigenvalue weighted by molar-refractivity contribution is -0.743. The topological polar surface area (TPSA) is 32.6 Å². The van der Waals surface area contributed by atoms with Gasteiger partial charge in [0.2, 0.25) is 6.33 Å². The van der Waals surface area contributed by atoms with Crippen LogP contribution in [-0.2, 0) is 6.54 Å². The van der Waals surface area contributed by atoms with Crippen LogP contribution >= 0.6 is 23.2 Å². The second kappa shape index (κ2) is 3.98. The van der Waals surface area contributed by atoms with Crippen molar-refractivity contribution >= 4 is 23.2 Å². The molecular formula is C9H8Cl2N3+. The number of H-pyrrole nitrogens is 1. The molecule has 0 radical (unpaired) electrons. The molecule has 1 aromatic heterocycles. The van der Waals surface area contributed by atoms with Crippen molar-refractivity contribution in [2.45, 2.75) is 6.54 Å². The summed E-state index contributed by atoms with van der Waals surface area (Å²) in [5.41, 5.74) is 1.00. The molecule has 3 nitrogen and oxygen atoms in total. The van der Waals surface area contributed by atoms with E-state index in [4.69, 9.17) is 23.2 Å². The molecule has 0 aliphatic carbocycles. The van der Waals surface area contributed by atoms with Gasteiger partial charge >= 0.3 is 6.33 Å². The Morgan fingerprint density at radius 2 is 2.21 bits per heavy atom. The van der Waals surface area contributed by atoms with Gasteiger partial charge in [0, 0.05) is 15.6 Å². The first kappa shape index (κ1) is 9.49. The number of benzene rings is 1. The summed E-state index contributed by atoms with van der Waals surface area (Å²) in [4.78, 5) is 3.90. The molecule has 2 rings (SSSR count). The van der Waals surface area contributed by atoms with Crippen molar-refractivity contribution in [3.05, 3.63) is 46.5 Å². The number of nitrogens with zero attached hydrogens (tertiary/aromatic N) is 2. The van der Waals surface area contributed by atoms with Crippen molar-refractivity contribution < 1.29 is 4.68 Å². The number of aromatic amines is 1. The molecule has 0 bridgehead atoms. The number of rotatable bonds is 2. The fourth-order valence-electron chi connectivity index (χ4n) is 1.17. The van der Waals surface area contributed by atoms with Crippen molar-refractivity contribution in [2.75, 3.05) is 0 Å². The number of hydrogen-bond acceptors (Lipinski definition) is 1. The van der Waals surface area contributed by atoms with Gasteiger partial charge in [-0.25, -0.2) is 0 Å². The van der Waals surface area contributed by atoms with E-state index in [1.807, 2.05) is 16.8 Å². The number of halogens is 2. The summed E-state index contributed by atoms with van der Waals surface area (Å²) in [6.45, 7) is 0.663. The fraction of sp³-hybridized carbons (Fsp3) is 0.111. The number of nitrogens with one attached hydrogen (secondary N) is 1. The zero-order chi connectivity index (χ0) is 9.97. The van der Waals surface area contributed by atoms with E-state index in [1.54, 1.807) is 18.7 Å². The molecule has 5 heteroatoms. The zero-order valence-corrected chi connectivity index (χ0v) is 8.76. The lowest BCUT2D eigenvalue weighted by Crippen LogP contribution is -2.35. The van der Waals surface area contributed by atoms with Crippen LogP contribution < -0.4 is 4.68 Å². The van der Waals surface area contributed by atoms with Crippen LogP contribution in [0.3, 0.4) is 0 Å². The van der Waals surface area contributed by atoms with Crippen molar-refractivity contribution in [1.82, 2.24) is 10.1 Å². The summed E-state index contributed by atoms with van der Waals surface area (Å²) in [7, 11) is 0. The highest BCUT2D eigenvalue weighted by atomic mass is 35.5. The molecule has 14 heavy (non-hydrogen) atoms. The van der Waals surface area contributed by atoms with Gasteiger partial charge in [-0.2, -0.15) is 9.78 Å². The molecule has 1 aromatic carbocycles. The van der Waals surface area contributed by atoms with Gasteiger partial charge < -0.3 is 0 Å². The molecule has 0 aliphatic rings. The summed E-state index contributed by atoms with van der Waals surface area (Å²) in [6, 6.07) is 5.45. The van der Waals surface area contributed by atoms with Gasteiger partial charge in [0.05, 0.1) is 0 Å². The lowest BCUT2D eigenvalue weighted by Gasteiger charge is -2.00. The number of aromatic nitrogens is 3. The predicted octanol–water partition coefficient (Wildman–Crippen LogP) is 2.05. The Bertz CT molecular complexity index is 426. The highest BCUT2D eigenvalue weighted by Gasteiger charge is 2.05. The largest absolute Gasteiger partial charge is 0.306 e. The molecule has 0 atom stereocenters. The van der Waals surface area contributed by atoms with Crippen molar-refractivity contribution in [2.24, 2.45) is 0 Å². The van der Waals surface area contributed by atoms with E-state index in [9.17, 15) is 0 Å². The maximum absolute atomic E-state index is 6.01. The quantitative estimate of drug-likeness (QED) is 0.785. The van der Waals surface area contributed by atoms with E-state index >= 15 is 0 Å². The summed E-state index contributed by atoms with van der Waals surface area (Å²) in [6.07, 6.45) is 3.31. The highest BCUT2D eigenvalue weighted by Crippen LogP contribution is 2.20. The van der Waals surface area contributed by atoms with E-state index in [1.165, 1.54) is 0 Å². The van der Waals surface area contributed by atoms with E-state index in [0.29, 0.717) is 16.6 Å². The summed E-state index contributed by atoms with van der Waals surface area (Å²) in [5.74, 6) is 0. The third-order valence-corrected chi connectivity index (χ3v) is 2.45. The molecule has 1 N–H and O–H groups in total. The molecule has 72 valence electrons. The summed E-state index contributed by atoms with van der Waals surface area (Å²) < 4.78 is 1.83. The lowest BCUT2D eigenvalue weighted by atomic mass is 10.2. The molecular weight excluding hydrogens is 221 g/mol. The first-order valence-corrected chi connectivity index (χ1v) is 4.83. The van der Waals surface area contributed by atoms with E-state index < -0.39 is 0 Å². The second-order valence-corrected chi connectivity index (χ2v) is 3.73. The first-order valence-electron chi connectivity index (χ1n) is 4.07. The SMILES string of the molecule is Clc1ccc(C[n+]2cnc[nH]2)c(Cl)c1. The van der Waals surface area contributed by atoms with Crippen LogP contribution in [0, 0.1) is 0 Å². The van der Waals surface area contributed by atoms with Crippen LogP contribution in [0.25, 0.3) is 0 Å². The monoisotopic (exact) mass is 228 g/mol. The van der Waals surface area contributed by atoms with Gasteiger partial charge in [0.15, 0.2) is 0 Å². The average molecular weight is 229 g/mol. The van der Waals surface area contributed by atoms with Crippen LogP contribution in [0.15, 0.2) is 30.9 Å². The van der Waals surface area contributed by atoms with E-state index in [2.05, 4.69) is 10.1 Å². The number of hydrogen-bond donors (Lipinski definition) is 1. The van der Waals surface area contributed by atoms with Crippen molar-refractivity contribution in [3.8, 4) is 0 Å². The molecule has 0 aliphatic heterocycles. The molecule has 0 amide bonds. The van der Waals surface area contributed by atoms with Gasteiger partial charge in [-0.1, -0.05) is 29.3 Å². The van der Waals surface area contributed by atoms with E-state index in [-0.39, 0.29) is 0 Å². The zero-order valence-electron chi connectivity index (χ0n) is 7.24. The molecule has 2 aromatic rings. The normalized spacial score (nSPS) is 10.4. The Morgan fingerprint density at radius 1 is 1.36 bits per heavy atom. The Balaban J connectivity index is 2.25. The standard InChI is InChI=1S/C9H7Cl2N3/c10-8-2-1-7(9(11)3-8)4-14-6-12-5-13-14/h1-3,5-6H,4H2/p+1. The van der Waals surface area contributed by atoms with Gasteiger partial charge in [0.25, 0.3) is 0 Å². The summed E-state index contributed by atoms with van der Waals surface area (Å²) in [5, 5.41) is 4.25. The predicted molar refractivity (Wildman–Crippen MR) is 54.3 cm³/mol. The fourth-order valence-corrected chi connectivity index (χ4v) is 1.64. The third-order valence-electron chi connectivity index (χ3n) is 1.86. The molecule has 0 saturated heterocycles.